The summed E-state index contributed by atoms with van der Waals surface area (Å²) in [5.41, 5.74) is 9.67. The highest BCUT2D eigenvalue weighted by Gasteiger charge is 2.25. The van der Waals surface area contributed by atoms with Crippen molar-refractivity contribution in [3.05, 3.63) is 65.9 Å². The van der Waals surface area contributed by atoms with E-state index in [4.69, 9.17) is 5.73 Å². The number of halogens is 1. The predicted octanol–water partition coefficient (Wildman–Crippen LogP) is 4.19. The van der Waals surface area contributed by atoms with Crippen molar-refractivity contribution in [1.29, 1.82) is 0 Å². The Bertz CT molecular complexity index is 864. The van der Waals surface area contributed by atoms with Crippen LogP contribution in [0.4, 0.5) is 5.69 Å². The van der Waals surface area contributed by atoms with Crippen molar-refractivity contribution < 1.29 is 4.79 Å². The summed E-state index contributed by atoms with van der Waals surface area (Å²) in [5, 5.41) is 1.31. The number of hydrogen-bond donors (Lipinski definition) is 2. The van der Waals surface area contributed by atoms with Crippen LogP contribution in [0.15, 0.2) is 54.7 Å². The van der Waals surface area contributed by atoms with Gasteiger partial charge in [0.05, 0.1) is 0 Å². The maximum atomic E-state index is 12.6. The molecule has 0 bridgehead atoms. The van der Waals surface area contributed by atoms with Crippen LogP contribution in [0.5, 0.6) is 0 Å². The van der Waals surface area contributed by atoms with E-state index in [1.807, 2.05) is 17.0 Å². The first-order valence-corrected chi connectivity index (χ1v) is 8.43. The number of nitrogens with one attached hydrogen (secondary N) is 1. The lowest BCUT2D eigenvalue weighted by atomic mass is 9.89. The number of nitrogens with zero attached hydrogens (tertiary/aromatic N) is 1. The highest BCUT2D eigenvalue weighted by molar-refractivity contribution is 5.94. The zero-order valence-corrected chi connectivity index (χ0v) is 14.8. The molecule has 3 N–H and O–H groups in total. The van der Waals surface area contributed by atoms with Crippen molar-refractivity contribution in [2.45, 2.75) is 18.8 Å². The van der Waals surface area contributed by atoms with Gasteiger partial charge in [-0.3, -0.25) is 4.79 Å². The molecule has 1 fully saturated rings. The molecule has 3 aromatic rings. The number of nitrogens with two attached hydrogens (primary N) is 1. The number of H-pyrrole nitrogens is 1. The molecule has 0 atom stereocenters. The number of rotatable bonds is 2. The van der Waals surface area contributed by atoms with Crippen LogP contribution in [0.3, 0.4) is 0 Å². The van der Waals surface area contributed by atoms with E-state index in [-0.39, 0.29) is 18.3 Å². The van der Waals surface area contributed by atoms with Crippen molar-refractivity contribution in [2.24, 2.45) is 0 Å². The largest absolute Gasteiger partial charge is 0.399 e. The second-order valence-electron chi connectivity index (χ2n) is 6.48. The number of likely N-dealkylation sites (tertiary alicyclic amines) is 1. The lowest BCUT2D eigenvalue weighted by molar-refractivity contribution is 0.0713. The molecule has 0 radical (unpaired) electrons. The van der Waals surface area contributed by atoms with E-state index in [1.54, 1.807) is 12.1 Å². The molecule has 4 nitrogen and oxygen atoms in total. The molecule has 1 amide bonds. The quantitative estimate of drug-likeness (QED) is 0.677. The smallest absolute Gasteiger partial charge is 0.253 e. The Morgan fingerprint density at radius 1 is 1.04 bits per heavy atom. The number of carbonyl (C=O) groups excluding carboxylic acids is 1. The van der Waals surface area contributed by atoms with E-state index in [0.717, 1.165) is 31.5 Å². The number of amides is 1. The Balaban J connectivity index is 0.00000182. The van der Waals surface area contributed by atoms with Gasteiger partial charge in [0, 0.05) is 41.4 Å². The zero-order chi connectivity index (χ0) is 16.5. The van der Waals surface area contributed by atoms with Crippen molar-refractivity contribution >= 4 is 34.9 Å². The summed E-state index contributed by atoms with van der Waals surface area (Å²) in [6, 6.07) is 15.6. The second-order valence-corrected chi connectivity index (χ2v) is 6.48. The highest BCUT2D eigenvalue weighted by atomic mass is 35.5. The minimum atomic E-state index is 0. The van der Waals surface area contributed by atoms with Gasteiger partial charge >= 0.3 is 0 Å². The van der Waals surface area contributed by atoms with Crippen LogP contribution in [0.25, 0.3) is 10.9 Å². The summed E-state index contributed by atoms with van der Waals surface area (Å²) in [4.78, 5) is 17.9. The molecule has 1 saturated heterocycles. The zero-order valence-electron chi connectivity index (χ0n) is 13.9. The summed E-state index contributed by atoms with van der Waals surface area (Å²) in [5.74, 6) is 0.615. The van der Waals surface area contributed by atoms with E-state index in [1.165, 1.54) is 16.5 Å². The molecular weight excluding hydrogens is 334 g/mol. The van der Waals surface area contributed by atoms with Gasteiger partial charge in [-0.2, -0.15) is 0 Å². The third-order valence-corrected chi connectivity index (χ3v) is 5.00. The molecule has 130 valence electrons. The Hall–Kier alpha value is -2.46. The molecule has 4 rings (SSSR count). The lowest BCUT2D eigenvalue weighted by Crippen LogP contribution is -2.37. The van der Waals surface area contributed by atoms with Crippen molar-refractivity contribution in [3.63, 3.8) is 0 Å². The Kier molecular flexibility index (Phi) is 5.00. The summed E-state index contributed by atoms with van der Waals surface area (Å²) < 4.78 is 0. The van der Waals surface area contributed by atoms with Crippen LogP contribution < -0.4 is 5.73 Å². The minimum absolute atomic E-state index is 0. The van der Waals surface area contributed by atoms with Gasteiger partial charge in [0.15, 0.2) is 0 Å². The number of fused-ring (bicyclic) bond motifs is 1. The molecule has 0 saturated carbocycles. The van der Waals surface area contributed by atoms with E-state index < -0.39 is 0 Å². The number of aromatic amines is 1. The van der Waals surface area contributed by atoms with E-state index in [0.29, 0.717) is 11.6 Å². The maximum Gasteiger partial charge on any atom is 0.253 e. The highest BCUT2D eigenvalue weighted by Crippen LogP contribution is 2.33. The van der Waals surface area contributed by atoms with Gasteiger partial charge in [-0.25, -0.2) is 0 Å². The third kappa shape index (κ3) is 3.35. The summed E-state index contributed by atoms with van der Waals surface area (Å²) in [6.07, 6.45) is 4.14. The SMILES string of the molecule is Cl.Nc1ccc(C(=O)N2CCC(c3c[nH]c4ccccc34)CC2)cc1. The molecule has 5 heteroatoms. The van der Waals surface area contributed by atoms with Crippen LogP contribution in [0.1, 0.15) is 34.7 Å². The van der Waals surface area contributed by atoms with E-state index in [2.05, 4.69) is 35.4 Å². The number of anilines is 1. The number of carbonyl (C=O) groups is 1. The van der Waals surface area contributed by atoms with Gasteiger partial charge in [0.1, 0.15) is 0 Å². The van der Waals surface area contributed by atoms with Crippen LogP contribution in [0.2, 0.25) is 0 Å². The van der Waals surface area contributed by atoms with Gasteiger partial charge in [-0.05, 0) is 54.7 Å². The van der Waals surface area contributed by atoms with Gasteiger partial charge < -0.3 is 15.6 Å². The Labute approximate surface area is 153 Å². The van der Waals surface area contributed by atoms with Crippen molar-refractivity contribution in [3.8, 4) is 0 Å². The average Bonchev–Trinajstić information content (AvgIpc) is 3.06. The number of para-hydroxylation sites is 1. The fraction of sp³-hybridized carbons (Fsp3) is 0.250. The standard InChI is InChI=1S/C20H21N3O.ClH/c21-16-7-5-15(6-8-16)20(24)23-11-9-14(10-12-23)18-13-22-19-4-2-1-3-17(18)19;/h1-8,13-14,22H,9-12,21H2;1H. The van der Waals surface area contributed by atoms with Crippen molar-refractivity contribution in [2.75, 3.05) is 18.8 Å². The number of aromatic nitrogens is 1. The Morgan fingerprint density at radius 3 is 2.44 bits per heavy atom. The number of nitrogen functional groups attached to an aromatic ring is 1. The minimum Gasteiger partial charge on any atom is -0.399 e. The molecule has 0 spiro atoms. The normalized spacial score (nSPS) is 15.1. The monoisotopic (exact) mass is 355 g/mol. The lowest BCUT2D eigenvalue weighted by Gasteiger charge is -2.32. The van der Waals surface area contributed by atoms with E-state index >= 15 is 0 Å². The first-order valence-electron chi connectivity index (χ1n) is 8.43. The number of piperidine rings is 1. The number of benzene rings is 2. The first kappa shape index (κ1) is 17.4. The molecule has 1 aliphatic rings. The van der Waals surface area contributed by atoms with Crippen LogP contribution in [-0.2, 0) is 0 Å². The predicted molar refractivity (Wildman–Crippen MR) is 104 cm³/mol. The second kappa shape index (κ2) is 7.19. The Morgan fingerprint density at radius 2 is 1.72 bits per heavy atom. The van der Waals surface area contributed by atoms with Gasteiger partial charge in [-0.15, -0.1) is 12.4 Å². The average molecular weight is 356 g/mol. The van der Waals surface area contributed by atoms with Gasteiger partial charge in [0.2, 0.25) is 0 Å². The summed E-state index contributed by atoms with van der Waals surface area (Å²) >= 11 is 0. The number of hydrogen-bond acceptors (Lipinski definition) is 2. The summed E-state index contributed by atoms with van der Waals surface area (Å²) in [6.45, 7) is 1.60. The molecule has 0 aliphatic carbocycles. The molecule has 2 heterocycles. The molecule has 25 heavy (non-hydrogen) atoms. The van der Waals surface area contributed by atoms with Crippen LogP contribution in [-0.4, -0.2) is 28.9 Å². The molecular formula is C20H22ClN3O. The topological polar surface area (TPSA) is 62.1 Å². The van der Waals surface area contributed by atoms with Crippen LogP contribution in [0, 0.1) is 0 Å². The molecule has 0 unspecified atom stereocenters. The summed E-state index contributed by atoms with van der Waals surface area (Å²) in [7, 11) is 0. The fourth-order valence-electron chi connectivity index (χ4n) is 3.63. The van der Waals surface area contributed by atoms with Gasteiger partial charge in [0.25, 0.3) is 5.91 Å². The third-order valence-electron chi connectivity index (χ3n) is 5.00. The molecule has 2 aromatic carbocycles. The first-order chi connectivity index (χ1) is 11.7. The van der Waals surface area contributed by atoms with Crippen molar-refractivity contribution in [1.82, 2.24) is 9.88 Å². The van der Waals surface area contributed by atoms with Gasteiger partial charge in [-0.1, -0.05) is 18.2 Å². The molecule has 1 aliphatic heterocycles. The van der Waals surface area contributed by atoms with Crippen LogP contribution >= 0.6 is 12.4 Å². The maximum absolute atomic E-state index is 12.6. The van der Waals surface area contributed by atoms with E-state index in [9.17, 15) is 4.79 Å². The fourth-order valence-corrected chi connectivity index (χ4v) is 3.63. The molecule has 1 aromatic heterocycles.